The molecule has 0 saturated carbocycles. The molecular weight excluding hydrogens is 288 g/mol. The summed E-state index contributed by atoms with van der Waals surface area (Å²) in [4.78, 5) is 14.8. The number of hydrogen-bond acceptors (Lipinski definition) is 3. The molecule has 4 aliphatic rings. The van der Waals surface area contributed by atoms with Gasteiger partial charge in [0.2, 0.25) is 0 Å². The molecule has 3 aliphatic heterocycles. The normalized spacial score (nSPS) is 32.0. The van der Waals surface area contributed by atoms with Gasteiger partial charge in [0.05, 0.1) is 0 Å². The summed E-state index contributed by atoms with van der Waals surface area (Å²) in [6.07, 6.45) is 8.74. The average molecular weight is 312 g/mol. The first kappa shape index (κ1) is 14.8. The topological polar surface area (TPSA) is 41.6 Å². The second kappa shape index (κ2) is 6.36. The Labute approximate surface area is 137 Å². The third-order valence-electron chi connectivity index (χ3n) is 5.46. The number of fused-ring (bicyclic) bond motifs is 3. The number of carbonyl (C=O) groups is 1. The van der Waals surface area contributed by atoms with Crippen molar-refractivity contribution >= 4 is 11.8 Å². The van der Waals surface area contributed by atoms with Gasteiger partial charge in [-0.05, 0) is 56.3 Å². The SMILES string of the molecule is O=C(Nc1ccccc1C1C=CCC1)OC1CN2CCC1CC2. The van der Waals surface area contributed by atoms with Gasteiger partial charge >= 0.3 is 6.09 Å². The maximum absolute atomic E-state index is 12.4. The number of carbonyl (C=O) groups excluding carboxylic acids is 1. The lowest BCUT2D eigenvalue weighted by molar-refractivity contribution is -0.0289. The van der Waals surface area contributed by atoms with Crippen LogP contribution in [0.3, 0.4) is 0 Å². The fraction of sp³-hybridized carbons (Fsp3) is 0.526. The highest BCUT2D eigenvalue weighted by Crippen LogP contribution is 2.34. The third kappa shape index (κ3) is 3.13. The molecule has 1 aliphatic carbocycles. The minimum absolute atomic E-state index is 0.0519. The Bertz CT molecular complexity index is 605. The van der Waals surface area contributed by atoms with Crippen LogP contribution in [-0.2, 0) is 4.74 Å². The first-order valence-corrected chi connectivity index (χ1v) is 8.75. The largest absolute Gasteiger partial charge is 0.444 e. The van der Waals surface area contributed by atoms with Crippen LogP contribution in [0.5, 0.6) is 0 Å². The zero-order valence-corrected chi connectivity index (χ0v) is 13.4. The number of anilines is 1. The summed E-state index contributed by atoms with van der Waals surface area (Å²) in [6.45, 7) is 3.21. The van der Waals surface area contributed by atoms with E-state index in [1.54, 1.807) is 0 Å². The van der Waals surface area contributed by atoms with Crippen molar-refractivity contribution in [2.24, 2.45) is 5.92 Å². The van der Waals surface area contributed by atoms with Gasteiger partial charge in [0.25, 0.3) is 0 Å². The van der Waals surface area contributed by atoms with Crippen LogP contribution in [0.25, 0.3) is 0 Å². The number of benzene rings is 1. The number of hydrogen-bond donors (Lipinski definition) is 1. The van der Waals surface area contributed by atoms with Crippen molar-refractivity contribution in [3.05, 3.63) is 42.0 Å². The van der Waals surface area contributed by atoms with Gasteiger partial charge in [-0.2, -0.15) is 0 Å². The first-order valence-electron chi connectivity index (χ1n) is 8.75. The summed E-state index contributed by atoms with van der Waals surface area (Å²) in [5, 5.41) is 2.98. The smallest absolute Gasteiger partial charge is 0.411 e. The van der Waals surface area contributed by atoms with Crippen molar-refractivity contribution < 1.29 is 9.53 Å². The van der Waals surface area contributed by atoms with E-state index in [0.29, 0.717) is 11.8 Å². The molecule has 4 heteroatoms. The lowest BCUT2D eigenvalue weighted by atomic mass is 9.86. The molecule has 1 aromatic carbocycles. The quantitative estimate of drug-likeness (QED) is 0.864. The Morgan fingerprint density at radius 1 is 1.17 bits per heavy atom. The molecule has 23 heavy (non-hydrogen) atoms. The van der Waals surface area contributed by atoms with Crippen LogP contribution in [0.15, 0.2) is 36.4 Å². The predicted molar refractivity (Wildman–Crippen MR) is 90.6 cm³/mol. The van der Waals surface area contributed by atoms with E-state index in [0.717, 1.165) is 51.0 Å². The van der Waals surface area contributed by atoms with Crippen molar-refractivity contribution in [2.45, 2.75) is 37.7 Å². The minimum Gasteiger partial charge on any atom is -0.444 e. The van der Waals surface area contributed by atoms with Crippen molar-refractivity contribution in [2.75, 3.05) is 25.0 Å². The molecule has 0 radical (unpaired) electrons. The lowest BCUT2D eigenvalue weighted by Crippen LogP contribution is -2.52. The Morgan fingerprint density at radius 3 is 2.70 bits per heavy atom. The maximum Gasteiger partial charge on any atom is 0.411 e. The van der Waals surface area contributed by atoms with Crippen LogP contribution in [0, 0.1) is 5.92 Å². The number of rotatable bonds is 3. The minimum atomic E-state index is -0.307. The molecule has 3 heterocycles. The van der Waals surface area contributed by atoms with E-state index >= 15 is 0 Å². The molecule has 0 spiro atoms. The molecule has 1 aromatic rings. The fourth-order valence-corrected chi connectivity index (χ4v) is 4.15. The van der Waals surface area contributed by atoms with Gasteiger partial charge in [0.1, 0.15) is 6.10 Å². The van der Waals surface area contributed by atoms with E-state index in [4.69, 9.17) is 4.74 Å². The second-order valence-electron chi connectivity index (χ2n) is 6.91. The second-order valence-corrected chi connectivity index (χ2v) is 6.91. The Hall–Kier alpha value is -1.81. The van der Waals surface area contributed by atoms with E-state index in [1.165, 1.54) is 5.56 Å². The summed E-state index contributed by atoms with van der Waals surface area (Å²) in [6, 6.07) is 8.07. The van der Waals surface area contributed by atoms with Gasteiger partial charge < -0.3 is 4.74 Å². The molecule has 3 fully saturated rings. The number of ether oxygens (including phenoxy) is 1. The zero-order valence-electron chi connectivity index (χ0n) is 13.4. The number of para-hydroxylation sites is 1. The van der Waals surface area contributed by atoms with Crippen LogP contribution in [0.1, 0.15) is 37.2 Å². The van der Waals surface area contributed by atoms with E-state index in [1.807, 2.05) is 18.2 Å². The number of nitrogens with one attached hydrogen (secondary N) is 1. The summed E-state index contributed by atoms with van der Waals surface area (Å²) >= 11 is 0. The summed E-state index contributed by atoms with van der Waals surface area (Å²) in [5.41, 5.74) is 2.07. The molecule has 122 valence electrons. The van der Waals surface area contributed by atoms with Gasteiger partial charge in [-0.25, -0.2) is 4.79 Å². The molecule has 3 saturated heterocycles. The Morgan fingerprint density at radius 2 is 2.00 bits per heavy atom. The number of amides is 1. The van der Waals surface area contributed by atoms with Crippen molar-refractivity contribution in [1.29, 1.82) is 0 Å². The van der Waals surface area contributed by atoms with Gasteiger partial charge in [0, 0.05) is 18.2 Å². The molecular formula is C19H24N2O2. The van der Waals surface area contributed by atoms with E-state index in [9.17, 15) is 4.79 Å². The molecule has 4 nitrogen and oxygen atoms in total. The van der Waals surface area contributed by atoms with Gasteiger partial charge in [0.15, 0.2) is 0 Å². The van der Waals surface area contributed by atoms with Crippen molar-refractivity contribution in [3.63, 3.8) is 0 Å². The maximum atomic E-state index is 12.4. The fourth-order valence-electron chi connectivity index (χ4n) is 4.15. The summed E-state index contributed by atoms with van der Waals surface area (Å²) < 4.78 is 5.74. The third-order valence-corrected chi connectivity index (χ3v) is 5.46. The van der Waals surface area contributed by atoms with Crippen LogP contribution >= 0.6 is 0 Å². The van der Waals surface area contributed by atoms with Gasteiger partial charge in [-0.3, -0.25) is 10.2 Å². The zero-order chi connectivity index (χ0) is 15.6. The molecule has 1 amide bonds. The number of nitrogens with zero attached hydrogens (tertiary/aromatic N) is 1. The van der Waals surface area contributed by atoms with E-state index in [-0.39, 0.29) is 12.2 Å². The molecule has 2 bridgehead atoms. The van der Waals surface area contributed by atoms with Crippen LogP contribution < -0.4 is 5.32 Å². The van der Waals surface area contributed by atoms with Crippen molar-refractivity contribution in [3.8, 4) is 0 Å². The van der Waals surface area contributed by atoms with Crippen LogP contribution in [-0.4, -0.2) is 36.7 Å². The van der Waals surface area contributed by atoms with Crippen molar-refractivity contribution in [1.82, 2.24) is 4.90 Å². The Balaban J connectivity index is 1.42. The Kier molecular flexibility index (Phi) is 4.08. The highest BCUT2D eigenvalue weighted by atomic mass is 16.6. The van der Waals surface area contributed by atoms with Crippen LogP contribution in [0.4, 0.5) is 10.5 Å². The highest BCUT2D eigenvalue weighted by molar-refractivity contribution is 5.86. The molecule has 0 aromatic heterocycles. The molecule has 2 unspecified atom stereocenters. The molecule has 2 atom stereocenters. The molecule has 1 N–H and O–H groups in total. The van der Waals surface area contributed by atoms with Crippen LogP contribution in [0.2, 0.25) is 0 Å². The van der Waals surface area contributed by atoms with Gasteiger partial charge in [-0.15, -0.1) is 0 Å². The molecule has 5 rings (SSSR count). The number of allylic oxidation sites excluding steroid dienone is 2. The first-order chi connectivity index (χ1) is 11.3. The van der Waals surface area contributed by atoms with E-state index < -0.39 is 0 Å². The highest BCUT2D eigenvalue weighted by Gasteiger charge is 2.36. The number of piperidine rings is 3. The average Bonchev–Trinajstić information content (AvgIpc) is 3.11. The predicted octanol–water partition coefficient (Wildman–Crippen LogP) is 3.76. The monoisotopic (exact) mass is 312 g/mol. The lowest BCUT2D eigenvalue weighted by Gasteiger charge is -2.43. The standard InChI is InChI=1S/C19H24N2O2/c22-19(23-18-13-21-11-9-15(18)10-12-21)20-17-8-4-3-7-16(17)14-5-1-2-6-14/h1,3-5,7-8,14-15,18H,2,6,9-13H2,(H,20,22). The summed E-state index contributed by atoms with van der Waals surface area (Å²) in [5.74, 6) is 0.946. The summed E-state index contributed by atoms with van der Waals surface area (Å²) in [7, 11) is 0. The van der Waals surface area contributed by atoms with Gasteiger partial charge in [-0.1, -0.05) is 30.4 Å². The van der Waals surface area contributed by atoms with E-state index in [2.05, 4.69) is 28.4 Å².